The van der Waals surface area contributed by atoms with Gasteiger partial charge >= 0.3 is 0 Å². The van der Waals surface area contributed by atoms with E-state index in [2.05, 4.69) is 11.4 Å². The Bertz CT molecular complexity index is 82.1. The van der Waals surface area contributed by atoms with Crippen LogP contribution in [0.3, 0.4) is 0 Å². The molecule has 0 aromatic rings. The van der Waals surface area contributed by atoms with E-state index in [4.69, 9.17) is 11.8 Å². The molecule has 0 bridgehead atoms. The van der Waals surface area contributed by atoms with Crippen molar-refractivity contribution >= 4 is 11.8 Å². The van der Waals surface area contributed by atoms with Crippen molar-refractivity contribution in [2.75, 3.05) is 0 Å². The third-order valence-electron chi connectivity index (χ3n) is 1.28. The first-order valence-corrected chi connectivity index (χ1v) is 2.75. The zero-order chi connectivity index (χ0) is 5.28. The van der Waals surface area contributed by atoms with E-state index >= 15 is 0 Å². The molecule has 7 heavy (non-hydrogen) atoms. The van der Waals surface area contributed by atoms with Gasteiger partial charge in [0.2, 0.25) is 0 Å². The van der Waals surface area contributed by atoms with Gasteiger partial charge in [0, 0.05) is 6.04 Å². The minimum Gasteiger partial charge on any atom is -0.230 e. The summed E-state index contributed by atoms with van der Waals surface area (Å²) in [5.41, 5.74) is 0. The lowest BCUT2D eigenvalue weighted by Crippen LogP contribution is -2.01. The highest BCUT2D eigenvalue weighted by Gasteiger charge is 2.33. The fourth-order valence-electron chi connectivity index (χ4n) is 0.601. The summed E-state index contributed by atoms with van der Waals surface area (Å²) in [6.45, 7) is 3.62. The van der Waals surface area contributed by atoms with Crippen molar-refractivity contribution in [2.45, 2.75) is 12.5 Å². The fourth-order valence-corrected chi connectivity index (χ4v) is 0.852. The normalized spacial score (nSPS) is 37.9. The Morgan fingerprint density at radius 3 is 2.71 bits per heavy atom. The number of halogens is 1. The molecule has 1 nitrogen and oxygen atoms in total. The summed E-state index contributed by atoms with van der Waals surface area (Å²) >= 11 is 5.27. The summed E-state index contributed by atoms with van der Waals surface area (Å²) in [6, 6.07) is 0.513. The molecular formula is C5H8ClN. The molecule has 0 aromatic heterocycles. The predicted molar refractivity (Wildman–Crippen MR) is 31.1 cm³/mol. The average Bonchev–Trinajstić information content (AvgIpc) is 2.43. The van der Waals surface area contributed by atoms with Gasteiger partial charge in [-0.3, -0.25) is 0 Å². The Balaban J connectivity index is 2.17. The van der Waals surface area contributed by atoms with Crippen LogP contribution in [0.5, 0.6) is 0 Å². The lowest BCUT2D eigenvalue weighted by atomic mass is 10.4. The second-order valence-corrected chi connectivity index (χ2v) is 2.07. The molecule has 0 saturated heterocycles. The minimum atomic E-state index is 0.513. The van der Waals surface area contributed by atoms with E-state index in [9.17, 15) is 0 Å². The first-order chi connectivity index (χ1) is 3.38. The van der Waals surface area contributed by atoms with Gasteiger partial charge in [0.25, 0.3) is 0 Å². The third kappa shape index (κ3) is 0.956. The molecular weight excluding hydrogens is 110 g/mol. The Labute approximate surface area is 48.5 Å². The molecule has 2 atom stereocenters. The lowest BCUT2D eigenvalue weighted by molar-refractivity contribution is 0.896. The van der Waals surface area contributed by atoms with Crippen LogP contribution >= 0.6 is 11.8 Å². The summed E-state index contributed by atoms with van der Waals surface area (Å²) in [7, 11) is 0. The molecule has 2 heteroatoms. The van der Waals surface area contributed by atoms with E-state index in [0.29, 0.717) is 12.0 Å². The minimum absolute atomic E-state index is 0.513. The standard InChI is InChI=1S/C5H8ClN/c1-2-4-3-5(4)7-6/h2,4-5,7H,1,3H2. The van der Waals surface area contributed by atoms with Gasteiger partial charge in [0.05, 0.1) is 0 Å². The largest absolute Gasteiger partial charge is 0.230 e. The van der Waals surface area contributed by atoms with E-state index in [1.807, 2.05) is 6.08 Å². The van der Waals surface area contributed by atoms with Gasteiger partial charge in [0.15, 0.2) is 0 Å². The summed E-state index contributed by atoms with van der Waals surface area (Å²) in [5, 5.41) is 0. The van der Waals surface area contributed by atoms with Crippen LogP contribution in [0.1, 0.15) is 6.42 Å². The Hall–Kier alpha value is -0.0100. The Morgan fingerprint density at radius 2 is 2.57 bits per heavy atom. The monoisotopic (exact) mass is 117 g/mol. The number of rotatable bonds is 2. The number of nitrogens with one attached hydrogen (secondary N) is 1. The first kappa shape index (κ1) is 5.13. The quantitative estimate of drug-likeness (QED) is 0.425. The molecule has 0 spiro atoms. The average molecular weight is 118 g/mol. The van der Waals surface area contributed by atoms with Crippen LogP contribution < -0.4 is 4.84 Å². The molecule has 2 unspecified atom stereocenters. The van der Waals surface area contributed by atoms with E-state index in [0.717, 1.165) is 6.42 Å². The maximum absolute atomic E-state index is 5.27. The van der Waals surface area contributed by atoms with Crippen molar-refractivity contribution in [1.82, 2.24) is 4.84 Å². The maximum atomic E-state index is 5.27. The fraction of sp³-hybridized carbons (Fsp3) is 0.600. The van der Waals surface area contributed by atoms with Crippen LogP contribution in [-0.4, -0.2) is 6.04 Å². The molecule has 1 fully saturated rings. The van der Waals surface area contributed by atoms with Gasteiger partial charge < -0.3 is 0 Å². The number of hydrogen-bond donors (Lipinski definition) is 1. The molecule has 0 heterocycles. The van der Waals surface area contributed by atoms with Gasteiger partial charge in [-0.25, -0.2) is 4.84 Å². The van der Waals surface area contributed by atoms with Crippen molar-refractivity contribution < 1.29 is 0 Å². The van der Waals surface area contributed by atoms with Crippen LogP contribution in [0, 0.1) is 5.92 Å². The van der Waals surface area contributed by atoms with E-state index in [1.165, 1.54) is 0 Å². The number of hydrogen-bond acceptors (Lipinski definition) is 1. The van der Waals surface area contributed by atoms with Gasteiger partial charge in [-0.1, -0.05) is 6.08 Å². The van der Waals surface area contributed by atoms with Crippen molar-refractivity contribution in [3.8, 4) is 0 Å². The van der Waals surface area contributed by atoms with Crippen molar-refractivity contribution in [2.24, 2.45) is 5.92 Å². The lowest BCUT2D eigenvalue weighted by Gasteiger charge is -1.83. The summed E-state index contributed by atoms with van der Waals surface area (Å²) in [5.74, 6) is 0.637. The Kier molecular flexibility index (Phi) is 1.35. The van der Waals surface area contributed by atoms with Crippen LogP contribution in [0.15, 0.2) is 12.7 Å². The molecule has 40 valence electrons. The molecule has 0 aliphatic heterocycles. The van der Waals surface area contributed by atoms with Gasteiger partial charge in [-0.05, 0) is 24.1 Å². The summed E-state index contributed by atoms with van der Waals surface area (Å²) in [6.07, 6.45) is 3.09. The molecule has 1 aliphatic carbocycles. The second-order valence-electron chi connectivity index (χ2n) is 1.85. The van der Waals surface area contributed by atoms with E-state index in [1.54, 1.807) is 0 Å². The molecule has 1 rings (SSSR count). The van der Waals surface area contributed by atoms with Crippen LogP contribution in [-0.2, 0) is 0 Å². The third-order valence-corrected chi connectivity index (χ3v) is 1.56. The van der Waals surface area contributed by atoms with Crippen LogP contribution in [0.4, 0.5) is 0 Å². The molecule has 1 N–H and O–H groups in total. The van der Waals surface area contributed by atoms with Gasteiger partial charge in [0.1, 0.15) is 0 Å². The van der Waals surface area contributed by atoms with Crippen LogP contribution in [0.2, 0.25) is 0 Å². The molecule has 0 amide bonds. The molecule has 0 aromatic carbocycles. The molecule has 1 saturated carbocycles. The predicted octanol–water partition coefficient (Wildman–Crippen LogP) is 1.30. The first-order valence-electron chi connectivity index (χ1n) is 2.37. The smallest absolute Gasteiger partial charge is 0.0290 e. The van der Waals surface area contributed by atoms with Crippen molar-refractivity contribution in [3.05, 3.63) is 12.7 Å². The van der Waals surface area contributed by atoms with E-state index < -0.39 is 0 Å². The van der Waals surface area contributed by atoms with Gasteiger partial charge in [-0.2, -0.15) is 0 Å². The highest BCUT2D eigenvalue weighted by atomic mass is 35.5. The van der Waals surface area contributed by atoms with Crippen molar-refractivity contribution in [3.63, 3.8) is 0 Å². The van der Waals surface area contributed by atoms with Crippen molar-refractivity contribution in [1.29, 1.82) is 0 Å². The Morgan fingerprint density at radius 1 is 1.86 bits per heavy atom. The van der Waals surface area contributed by atoms with E-state index in [-0.39, 0.29) is 0 Å². The summed E-state index contributed by atoms with van der Waals surface area (Å²) < 4.78 is 0. The topological polar surface area (TPSA) is 12.0 Å². The van der Waals surface area contributed by atoms with Crippen LogP contribution in [0.25, 0.3) is 0 Å². The molecule has 0 radical (unpaired) electrons. The van der Waals surface area contributed by atoms with Gasteiger partial charge in [-0.15, -0.1) is 6.58 Å². The maximum Gasteiger partial charge on any atom is 0.0290 e. The SMILES string of the molecule is C=CC1CC1NCl. The summed E-state index contributed by atoms with van der Waals surface area (Å²) in [4.78, 5) is 2.64. The second kappa shape index (κ2) is 1.85. The molecule has 1 aliphatic rings. The zero-order valence-electron chi connectivity index (χ0n) is 4.02. The highest BCUT2D eigenvalue weighted by Crippen LogP contribution is 2.30. The highest BCUT2D eigenvalue weighted by molar-refractivity contribution is 6.13. The zero-order valence-corrected chi connectivity index (χ0v) is 4.78.